The molecule has 1 saturated heterocycles. The summed E-state index contributed by atoms with van der Waals surface area (Å²) in [6.07, 6.45) is 3.41. The second-order valence-corrected chi connectivity index (χ2v) is 4.58. The molecule has 0 aromatic carbocycles. The maximum atomic E-state index is 11.9. The first-order chi connectivity index (χ1) is 7.79. The van der Waals surface area contributed by atoms with Gasteiger partial charge in [0.2, 0.25) is 5.91 Å². The second kappa shape index (κ2) is 8.03. The first-order valence-electron chi connectivity index (χ1n) is 5.71. The Bertz CT molecular complexity index is 213. The van der Waals surface area contributed by atoms with Crippen molar-refractivity contribution < 1.29 is 14.3 Å². The number of alkyl halides is 1. The normalized spacial score (nSPS) is 21.1. The lowest BCUT2D eigenvalue weighted by molar-refractivity contribution is -0.139. The number of likely N-dealkylation sites (tertiary alicyclic amines) is 1. The van der Waals surface area contributed by atoms with Gasteiger partial charge < -0.3 is 14.4 Å². The Hall–Kier alpha value is -0.130. The largest absolute Gasteiger partial charge is 0.382 e. The third-order valence-corrected chi connectivity index (χ3v) is 3.53. The molecule has 94 valence electrons. The van der Waals surface area contributed by atoms with Crippen LogP contribution in [0, 0.1) is 0 Å². The minimum atomic E-state index is 0.0975. The fourth-order valence-electron chi connectivity index (χ4n) is 1.87. The Morgan fingerprint density at radius 3 is 2.94 bits per heavy atom. The molecule has 1 aliphatic rings. The number of halogens is 1. The molecule has 1 amide bonds. The van der Waals surface area contributed by atoms with Crippen molar-refractivity contribution in [2.45, 2.75) is 25.3 Å². The van der Waals surface area contributed by atoms with Crippen molar-refractivity contribution in [1.29, 1.82) is 0 Å². The molecule has 0 spiro atoms. The van der Waals surface area contributed by atoms with Gasteiger partial charge in [-0.1, -0.05) is 15.9 Å². The molecule has 0 radical (unpaired) electrons. The fraction of sp³-hybridized carbons (Fsp3) is 0.909. The number of amides is 1. The highest BCUT2D eigenvalue weighted by Crippen LogP contribution is 2.18. The molecule has 0 bridgehead atoms. The molecule has 5 heteroatoms. The third-order valence-electron chi connectivity index (χ3n) is 2.78. The number of ether oxygens (including phenoxy) is 2. The summed E-state index contributed by atoms with van der Waals surface area (Å²) in [5, 5.41) is 0.858. The first kappa shape index (κ1) is 13.9. The van der Waals surface area contributed by atoms with Crippen molar-refractivity contribution in [2.24, 2.45) is 0 Å². The predicted octanol–water partition coefficient (Wildman–Crippen LogP) is 1.43. The van der Waals surface area contributed by atoms with Gasteiger partial charge in [0.25, 0.3) is 0 Å². The summed E-state index contributed by atoms with van der Waals surface area (Å²) in [5.74, 6) is 0.0975. The molecule has 0 aliphatic carbocycles. The lowest BCUT2D eigenvalue weighted by atomic mass is 10.0. The molecule has 4 nitrogen and oxygen atoms in total. The van der Waals surface area contributed by atoms with E-state index >= 15 is 0 Å². The molecule has 0 saturated carbocycles. The number of nitrogens with zero attached hydrogens (tertiary/aromatic N) is 1. The average molecular weight is 294 g/mol. The number of hydrogen-bond acceptors (Lipinski definition) is 3. The zero-order chi connectivity index (χ0) is 11.8. The topological polar surface area (TPSA) is 38.8 Å². The number of carbonyl (C=O) groups is 1. The zero-order valence-electron chi connectivity index (χ0n) is 9.78. The minimum Gasteiger partial charge on any atom is -0.382 e. The number of piperidine rings is 1. The molecule has 1 fully saturated rings. The van der Waals surface area contributed by atoms with Gasteiger partial charge in [-0.05, 0) is 19.3 Å². The van der Waals surface area contributed by atoms with Crippen molar-refractivity contribution in [3.05, 3.63) is 0 Å². The van der Waals surface area contributed by atoms with E-state index in [1.54, 1.807) is 7.11 Å². The van der Waals surface area contributed by atoms with E-state index in [4.69, 9.17) is 9.47 Å². The van der Waals surface area contributed by atoms with Gasteiger partial charge in [-0.25, -0.2) is 0 Å². The molecule has 0 N–H and O–H groups in total. The molecule has 1 aliphatic heterocycles. The highest BCUT2D eigenvalue weighted by Gasteiger charge is 2.25. The summed E-state index contributed by atoms with van der Waals surface area (Å²) in [5.41, 5.74) is 0. The van der Waals surface area contributed by atoms with Gasteiger partial charge in [0.05, 0.1) is 13.2 Å². The third kappa shape index (κ3) is 4.39. The Kier molecular flexibility index (Phi) is 7.00. The van der Waals surface area contributed by atoms with E-state index in [0.717, 1.165) is 24.7 Å². The molecule has 1 atom stereocenters. The van der Waals surface area contributed by atoms with Crippen LogP contribution in [0.1, 0.15) is 19.3 Å². The van der Waals surface area contributed by atoms with E-state index < -0.39 is 0 Å². The highest BCUT2D eigenvalue weighted by molar-refractivity contribution is 9.09. The van der Waals surface area contributed by atoms with Crippen LogP contribution in [0.25, 0.3) is 0 Å². The Balaban J connectivity index is 2.27. The first-order valence-corrected chi connectivity index (χ1v) is 6.84. The van der Waals surface area contributed by atoms with Crippen molar-refractivity contribution in [3.8, 4) is 0 Å². The lowest BCUT2D eigenvalue weighted by Crippen LogP contribution is -2.46. The van der Waals surface area contributed by atoms with Gasteiger partial charge in [0.1, 0.15) is 6.61 Å². The van der Waals surface area contributed by atoms with Crippen LogP contribution in [-0.4, -0.2) is 55.7 Å². The van der Waals surface area contributed by atoms with Crippen LogP contribution in [0.4, 0.5) is 0 Å². The van der Waals surface area contributed by atoms with Crippen molar-refractivity contribution in [3.63, 3.8) is 0 Å². The van der Waals surface area contributed by atoms with E-state index in [-0.39, 0.29) is 12.5 Å². The van der Waals surface area contributed by atoms with E-state index in [1.807, 2.05) is 4.90 Å². The van der Waals surface area contributed by atoms with Crippen LogP contribution in [-0.2, 0) is 14.3 Å². The van der Waals surface area contributed by atoms with Gasteiger partial charge in [-0.2, -0.15) is 0 Å². The summed E-state index contributed by atoms with van der Waals surface area (Å²) >= 11 is 3.46. The van der Waals surface area contributed by atoms with Gasteiger partial charge in [0.15, 0.2) is 0 Å². The second-order valence-electron chi connectivity index (χ2n) is 3.94. The molecule has 1 unspecified atom stereocenters. The maximum Gasteiger partial charge on any atom is 0.248 e. The summed E-state index contributed by atoms with van der Waals surface area (Å²) < 4.78 is 10.1. The van der Waals surface area contributed by atoms with Gasteiger partial charge in [0, 0.05) is 25.0 Å². The Morgan fingerprint density at radius 1 is 1.44 bits per heavy atom. The van der Waals surface area contributed by atoms with Gasteiger partial charge >= 0.3 is 0 Å². The van der Waals surface area contributed by atoms with Crippen molar-refractivity contribution in [2.75, 3.05) is 38.8 Å². The monoisotopic (exact) mass is 293 g/mol. The smallest absolute Gasteiger partial charge is 0.248 e. The molecule has 16 heavy (non-hydrogen) atoms. The standard InChI is InChI=1S/C11H20BrNO3/c1-15-6-7-16-9-11(14)13-5-3-2-4-10(13)8-12/h10H,2-9H2,1H3. The number of methoxy groups -OCH3 is 1. The zero-order valence-corrected chi connectivity index (χ0v) is 11.4. The average Bonchev–Trinajstić information content (AvgIpc) is 2.34. The van der Waals surface area contributed by atoms with Crippen LogP contribution in [0.2, 0.25) is 0 Å². The van der Waals surface area contributed by atoms with Crippen LogP contribution in [0.5, 0.6) is 0 Å². The SMILES string of the molecule is COCCOCC(=O)N1CCCCC1CBr. The quantitative estimate of drug-likeness (QED) is 0.549. The molecular formula is C11H20BrNO3. The molecular weight excluding hydrogens is 274 g/mol. The van der Waals surface area contributed by atoms with Crippen LogP contribution < -0.4 is 0 Å². The van der Waals surface area contributed by atoms with E-state index in [0.29, 0.717) is 19.3 Å². The number of hydrogen-bond donors (Lipinski definition) is 0. The fourth-order valence-corrected chi connectivity index (χ4v) is 2.55. The van der Waals surface area contributed by atoms with Crippen LogP contribution in [0.3, 0.4) is 0 Å². The van der Waals surface area contributed by atoms with E-state index in [2.05, 4.69) is 15.9 Å². The molecule has 1 heterocycles. The molecule has 0 aromatic rings. The van der Waals surface area contributed by atoms with Gasteiger partial charge in [-0.3, -0.25) is 4.79 Å². The van der Waals surface area contributed by atoms with Crippen molar-refractivity contribution >= 4 is 21.8 Å². The summed E-state index contributed by atoms with van der Waals surface area (Å²) in [7, 11) is 1.62. The number of carbonyl (C=O) groups excluding carboxylic acids is 1. The van der Waals surface area contributed by atoms with Crippen LogP contribution >= 0.6 is 15.9 Å². The summed E-state index contributed by atoms with van der Waals surface area (Å²) in [6, 6.07) is 0.340. The van der Waals surface area contributed by atoms with Crippen molar-refractivity contribution in [1.82, 2.24) is 4.90 Å². The Labute approximate surface area is 105 Å². The summed E-state index contributed by atoms with van der Waals surface area (Å²) in [4.78, 5) is 13.8. The van der Waals surface area contributed by atoms with E-state index in [9.17, 15) is 4.79 Å². The molecule has 0 aromatic heterocycles. The maximum absolute atomic E-state index is 11.9. The summed E-state index contributed by atoms with van der Waals surface area (Å²) in [6.45, 7) is 2.06. The molecule has 1 rings (SSSR count). The predicted molar refractivity (Wildman–Crippen MR) is 65.8 cm³/mol. The minimum absolute atomic E-state index is 0.0975. The highest BCUT2D eigenvalue weighted by atomic mass is 79.9. The van der Waals surface area contributed by atoms with E-state index in [1.165, 1.54) is 6.42 Å². The Morgan fingerprint density at radius 2 is 2.25 bits per heavy atom. The van der Waals surface area contributed by atoms with Gasteiger partial charge in [-0.15, -0.1) is 0 Å². The number of rotatable bonds is 6. The van der Waals surface area contributed by atoms with Crippen LogP contribution in [0.15, 0.2) is 0 Å². The lowest BCUT2D eigenvalue weighted by Gasteiger charge is -2.34.